The highest BCUT2D eigenvalue weighted by molar-refractivity contribution is 5.77. The number of ether oxygens (including phenoxy) is 2. The smallest absolute Gasteiger partial charge is 0.309 e. The number of hydrogen-bond acceptors (Lipinski definition) is 3. The van der Waals surface area contributed by atoms with Gasteiger partial charge in [-0.25, -0.2) is 0 Å². The molecule has 0 aromatic heterocycles. The van der Waals surface area contributed by atoms with Crippen LogP contribution in [0.25, 0.3) is 0 Å². The maximum atomic E-state index is 12.1. The Morgan fingerprint density at radius 3 is 2.71 bits per heavy atom. The molecule has 2 aromatic carbocycles. The zero-order valence-electron chi connectivity index (χ0n) is 12.0. The average molecular weight is 282 g/mol. The third-order valence-corrected chi connectivity index (χ3v) is 3.84. The van der Waals surface area contributed by atoms with Crippen LogP contribution in [0.15, 0.2) is 54.6 Å². The molecule has 0 radical (unpaired) electrons. The Morgan fingerprint density at radius 1 is 1.14 bits per heavy atom. The molecule has 0 N–H and O–H groups in total. The van der Waals surface area contributed by atoms with E-state index in [2.05, 4.69) is 0 Å². The molecule has 0 bridgehead atoms. The summed E-state index contributed by atoms with van der Waals surface area (Å²) in [6.45, 7) is 0.348. The van der Waals surface area contributed by atoms with Gasteiger partial charge in [-0.15, -0.1) is 0 Å². The Balaban J connectivity index is 1.56. The van der Waals surface area contributed by atoms with Crippen molar-refractivity contribution in [3.8, 4) is 5.75 Å². The standard InChI is InChI=1S/C18H18O3/c1-20-15-9-5-8-14(10-15)16-11-17(16)18(19)21-12-13-6-3-2-4-7-13/h2-10,16-17H,11-12H2,1H3/t16?,17-/m1/s1. The molecule has 0 amide bonds. The molecule has 0 heterocycles. The molecule has 0 aliphatic heterocycles. The second-order valence-electron chi connectivity index (χ2n) is 5.32. The number of carbonyl (C=O) groups excluding carboxylic acids is 1. The Labute approximate surface area is 124 Å². The van der Waals surface area contributed by atoms with Gasteiger partial charge in [0.2, 0.25) is 0 Å². The average Bonchev–Trinajstić information content (AvgIpc) is 3.34. The van der Waals surface area contributed by atoms with Crippen LogP contribution in [0.4, 0.5) is 0 Å². The van der Waals surface area contributed by atoms with E-state index < -0.39 is 0 Å². The molecule has 1 aliphatic carbocycles. The van der Waals surface area contributed by atoms with Gasteiger partial charge in [-0.05, 0) is 35.6 Å². The minimum atomic E-state index is -0.105. The fourth-order valence-corrected chi connectivity index (χ4v) is 2.53. The minimum Gasteiger partial charge on any atom is -0.497 e. The van der Waals surface area contributed by atoms with Crippen LogP contribution in [-0.4, -0.2) is 13.1 Å². The SMILES string of the molecule is COc1cccc(C2C[C@H]2C(=O)OCc2ccccc2)c1. The molecular weight excluding hydrogens is 264 g/mol. The van der Waals surface area contributed by atoms with Crippen molar-refractivity contribution >= 4 is 5.97 Å². The monoisotopic (exact) mass is 282 g/mol. The molecule has 3 nitrogen and oxygen atoms in total. The molecule has 0 spiro atoms. The first-order valence-corrected chi connectivity index (χ1v) is 7.12. The van der Waals surface area contributed by atoms with E-state index >= 15 is 0 Å². The summed E-state index contributed by atoms with van der Waals surface area (Å²) in [6, 6.07) is 17.7. The van der Waals surface area contributed by atoms with Gasteiger partial charge in [0, 0.05) is 0 Å². The molecule has 1 aliphatic rings. The molecule has 3 rings (SSSR count). The zero-order chi connectivity index (χ0) is 14.7. The van der Waals surface area contributed by atoms with Gasteiger partial charge in [-0.1, -0.05) is 42.5 Å². The van der Waals surface area contributed by atoms with Crippen molar-refractivity contribution in [1.82, 2.24) is 0 Å². The van der Waals surface area contributed by atoms with E-state index in [4.69, 9.17) is 9.47 Å². The number of hydrogen-bond donors (Lipinski definition) is 0. The van der Waals surface area contributed by atoms with Crippen LogP contribution in [0.2, 0.25) is 0 Å². The van der Waals surface area contributed by atoms with Crippen LogP contribution in [0.5, 0.6) is 5.75 Å². The van der Waals surface area contributed by atoms with Gasteiger partial charge in [0.25, 0.3) is 0 Å². The van der Waals surface area contributed by atoms with E-state index in [0.717, 1.165) is 23.3 Å². The minimum absolute atomic E-state index is 0.0131. The van der Waals surface area contributed by atoms with Crippen molar-refractivity contribution in [1.29, 1.82) is 0 Å². The van der Waals surface area contributed by atoms with Crippen molar-refractivity contribution in [2.45, 2.75) is 18.9 Å². The molecule has 3 heteroatoms. The lowest BCUT2D eigenvalue weighted by Gasteiger charge is -2.06. The fraction of sp³-hybridized carbons (Fsp3) is 0.278. The van der Waals surface area contributed by atoms with E-state index in [1.807, 2.05) is 54.6 Å². The topological polar surface area (TPSA) is 35.5 Å². The quantitative estimate of drug-likeness (QED) is 0.787. The first-order valence-electron chi connectivity index (χ1n) is 7.12. The highest BCUT2D eigenvalue weighted by atomic mass is 16.5. The number of methoxy groups -OCH3 is 1. The number of carbonyl (C=O) groups is 1. The Hall–Kier alpha value is -2.29. The predicted molar refractivity (Wildman–Crippen MR) is 80.1 cm³/mol. The number of rotatable bonds is 5. The molecule has 1 saturated carbocycles. The van der Waals surface area contributed by atoms with Gasteiger partial charge in [0.15, 0.2) is 0 Å². The van der Waals surface area contributed by atoms with Gasteiger partial charge in [-0.2, -0.15) is 0 Å². The highest BCUT2D eigenvalue weighted by Crippen LogP contribution is 2.48. The summed E-state index contributed by atoms with van der Waals surface area (Å²) in [4.78, 5) is 12.1. The Kier molecular flexibility index (Phi) is 3.91. The lowest BCUT2D eigenvalue weighted by molar-refractivity contribution is -0.146. The van der Waals surface area contributed by atoms with Gasteiger partial charge < -0.3 is 9.47 Å². The van der Waals surface area contributed by atoms with Gasteiger partial charge in [0.1, 0.15) is 12.4 Å². The zero-order valence-corrected chi connectivity index (χ0v) is 12.0. The molecule has 21 heavy (non-hydrogen) atoms. The second kappa shape index (κ2) is 6.00. The Morgan fingerprint density at radius 2 is 1.95 bits per heavy atom. The third-order valence-electron chi connectivity index (χ3n) is 3.84. The third kappa shape index (κ3) is 3.24. The van der Waals surface area contributed by atoms with Crippen molar-refractivity contribution in [2.24, 2.45) is 5.92 Å². The Bertz CT molecular complexity index is 621. The van der Waals surface area contributed by atoms with Crippen molar-refractivity contribution in [3.63, 3.8) is 0 Å². The second-order valence-corrected chi connectivity index (χ2v) is 5.32. The molecular formula is C18H18O3. The predicted octanol–water partition coefficient (Wildman–Crippen LogP) is 3.54. The summed E-state index contributed by atoms with van der Waals surface area (Å²) < 4.78 is 10.6. The maximum absolute atomic E-state index is 12.1. The van der Waals surface area contributed by atoms with Crippen molar-refractivity contribution in [3.05, 3.63) is 65.7 Å². The summed E-state index contributed by atoms with van der Waals surface area (Å²) >= 11 is 0. The van der Waals surface area contributed by atoms with E-state index in [9.17, 15) is 4.79 Å². The molecule has 1 unspecified atom stereocenters. The van der Waals surface area contributed by atoms with Crippen LogP contribution >= 0.6 is 0 Å². The number of benzene rings is 2. The van der Waals surface area contributed by atoms with E-state index in [-0.39, 0.29) is 17.8 Å². The molecule has 2 aromatic rings. The largest absolute Gasteiger partial charge is 0.497 e. The fourth-order valence-electron chi connectivity index (χ4n) is 2.53. The van der Waals surface area contributed by atoms with Crippen LogP contribution in [-0.2, 0) is 16.1 Å². The van der Waals surface area contributed by atoms with Crippen molar-refractivity contribution < 1.29 is 14.3 Å². The highest BCUT2D eigenvalue weighted by Gasteiger charge is 2.45. The summed E-state index contributed by atoms with van der Waals surface area (Å²) in [5, 5.41) is 0. The van der Waals surface area contributed by atoms with Crippen LogP contribution in [0.3, 0.4) is 0 Å². The van der Waals surface area contributed by atoms with Crippen LogP contribution in [0.1, 0.15) is 23.5 Å². The van der Waals surface area contributed by atoms with Crippen molar-refractivity contribution in [2.75, 3.05) is 7.11 Å². The maximum Gasteiger partial charge on any atom is 0.309 e. The normalized spacial score (nSPS) is 19.9. The van der Waals surface area contributed by atoms with Crippen LogP contribution < -0.4 is 4.74 Å². The summed E-state index contributed by atoms with van der Waals surface area (Å²) in [5.41, 5.74) is 2.17. The molecule has 2 atom stereocenters. The van der Waals surface area contributed by atoms with E-state index in [1.165, 1.54) is 0 Å². The first-order chi connectivity index (χ1) is 10.3. The molecule has 1 fully saturated rings. The first kappa shape index (κ1) is 13.7. The van der Waals surface area contributed by atoms with Gasteiger partial charge in [0.05, 0.1) is 13.0 Å². The summed E-state index contributed by atoms with van der Waals surface area (Å²) in [6.07, 6.45) is 0.862. The summed E-state index contributed by atoms with van der Waals surface area (Å²) in [7, 11) is 1.65. The van der Waals surface area contributed by atoms with E-state index in [1.54, 1.807) is 7.11 Å². The summed E-state index contributed by atoms with van der Waals surface area (Å²) in [5.74, 6) is 0.978. The number of esters is 1. The molecule has 0 saturated heterocycles. The molecule has 108 valence electrons. The van der Waals surface area contributed by atoms with Gasteiger partial charge >= 0.3 is 5.97 Å². The van der Waals surface area contributed by atoms with Crippen LogP contribution in [0, 0.1) is 5.92 Å². The van der Waals surface area contributed by atoms with E-state index in [0.29, 0.717) is 6.61 Å². The van der Waals surface area contributed by atoms with Gasteiger partial charge in [-0.3, -0.25) is 4.79 Å². The lowest BCUT2D eigenvalue weighted by Crippen LogP contribution is -2.07. The lowest BCUT2D eigenvalue weighted by atomic mass is 10.1.